The Morgan fingerprint density at radius 3 is 2.65 bits per heavy atom. The molecule has 1 aromatic heterocycles. The molecule has 3 rings (SSSR count). The number of hydrogen-bond acceptors (Lipinski definition) is 4. The fourth-order valence-electron chi connectivity index (χ4n) is 1.99. The predicted molar refractivity (Wildman–Crippen MR) is 75.4 cm³/mol. The van der Waals surface area contributed by atoms with Crippen LogP contribution in [0.15, 0.2) is 57.7 Å². The van der Waals surface area contributed by atoms with Gasteiger partial charge in [0.2, 0.25) is 12.3 Å². The third-order valence-electron chi connectivity index (χ3n) is 2.91. The van der Waals surface area contributed by atoms with Crippen molar-refractivity contribution in [3.8, 4) is 11.5 Å². The quantitative estimate of drug-likeness (QED) is 0.739. The maximum absolute atomic E-state index is 11.9. The molecule has 0 aliphatic heterocycles. The number of aromatic nitrogens is 1. The lowest BCUT2D eigenvalue weighted by atomic mass is 10.1. The van der Waals surface area contributed by atoms with Crippen LogP contribution in [-0.4, -0.2) is 11.4 Å². The van der Waals surface area contributed by atoms with Gasteiger partial charge in [0.1, 0.15) is 0 Å². The Balaban J connectivity index is 2.25. The van der Waals surface area contributed by atoms with Gasteiger partial charge in [-0.3, -0.25) is 4.79 Å². The van der Waals surface area contributed by atoms with Gasteiger partial charge >= 0.3 is 5.63 Å². The number of amides is 1. The van der Waals surface area contributed by atoms with Crippen LogP contribution in [0.5, 0.6) is 0 Å². The lowest BCUT2D eigenvalue weighted by Crippen LogP contribution is -2.04. The van der Waals surface area contributed by atoms with Crippen molar-refractivity contribution in [1.29, 1.82) is 0 Å². The van der Waals surface area contributed by atoms with Gasteiger partial charge in [-0.25, -0.2) is 9.78 Å². The summed E-state index contributed by atoms with van der Waals surface area (Å²) in [6.07, 6.45) is 0.567. The van der Waals surface area contributed by atoms with E-state index in [1.807, 2.05) is 0 Å². The summed E-state index contributed by atoms with van der Waals surface area (Å²) in [6, 6.07) is 13.9. The molecular formula is C15H10N2O3. The first-order valence-corrected chi connectivity index (χ1v) is 5.99. The molecule has 0 aliphatic rings. The molecule has 3 aromatic rings. The van der Waals surface area contributed by atoms with Crippen LogP contribution in [0.1, 0.15) is 0 Å². The molecule has 1 amide bonds. The van der Waals surface area contributed by atoms with Gasteiger partial charge in [0, 0.05) is 0 Å². The summed E-state index contributed by atoms with van der Waals surface area (Å²) < 4.78 is 5.24. The van der Waals surface area contributed by atoms with Crippen LogP contribution in [-0.2, 0) is 4.79 Å². The average Bonchev–Trinajstić information content (AvgIpc) is 2.48. The predicted octanol–water partition coefficient (Wildman–Crippen LogP) is 2.42. The maximum Gasteiger partial charge on any atom is 0.347 e. The summed E-state index contributed by atoms with van der Waals surface area (Å²) in [5, 5.41) is 2.99. The smallest absolute Gasteiger partial charge is 0.347 e. The van der Waals surface area contributed by atoms with Crippen molar-refractivity contribution in [3.63, 3.8) is 0 Å². The van der Waals surface area contributed by atoms with Crippen LogP contribution in [0.25, 0.3) is 22.4 Å². The monoisotopic (exact) mass is 266 g/mol. The molecule has 0 unspecified atom stereocenters. The number of benzene rings is 2. The van der Waals surface area contributed by atoms with Crippen LogP contribution in [0.4, 0.5) is 5.69 Å². The number of fused-ring (bicyclic) bond motifs is 1. The fraction of sp³-hybridized carbons (Fsp3) is 0. The fourth-order valence-corrected chi connectivity index (χ4v) is 1.99. The molecule has 5 heteroatoms. The van der Waals surface area contributed by atoms with Crippen molar-refractivity contribution in [2.75, 3.05) is 5.32 Å². The van der Waals surface area contributed by atoms with Crippen LogP contribution < -0.4 is 10.9 Å². The lowest BCUT2D eigenvalue weighted by Gasteiger charge is -2.06. The van der Waals surface area contributed by atoms with Crippen LogP contribution in [0.3, 0.4) is 0 Å². The second kappa shape index (κ2) is 4.97. The van der Waals surface area contributed by atoms with Gasteiger partial charge in [-0.2, -0.15) is 0 Å². The van der Waals surface area contributed by atoms with Crippen molar-refractivity contribution in [1.82, 2.24) is 4.98 Å². The number of anilines is 1. The van der Waals surface area contributed by atoms with E-state index in [-0.39, 0.29) is 5.89 Å². The van der Waals surface area contributed by atoms with Crippen LogP contribution in [0.2, 0.25) is 0 Å². The van der Waals surface area contributed by atoms with Gasteiger partial charge in [0.25, 0.3) is 0 Å². The van der Waals surface area contributed by atoms with Crippen LogP contribution >= 0.6 is 0 Å². The standard InChI is InChI=1S/C15H10N2O3/c18-9-16-12-7-3-1-5-10(12)14-17-13-8-4-2-6-11(13)15(19)20-14/h1-9H,(H,16,18). The third-order valence-corrected chi connectivity index (χ3v) is 2.91. The summed E-state index contributed by atoms with van der Waals surface area (Å²) in [5.41, 5.74) is 1.20. The zero-order chi connectivity index (χ0) is 13.9. The highest BCUT2D eigenvalue weighted by Gasteiger charge is 2.11. The number of nitrogens with one attached hydrogen (secondary N) is 1. The highest BCUT2D eigenvalue weighted by atomic mass is 16.4. The SMILES string of the molecule is O=CNc1ccccc1-c1nc2ccccc2c(=O)o1. The number of hydrogen-bond donors (Lipinski definition) is 1. The topological polar surface area (TPSA) is 72.2 Å². The zero-order valence-corrected chi connectivity index (χ0v) is 10.4. The Kier molecular flexibility index (Phi) is 3.01. The second-order valence-corrected chi connectivity index (χ2v) is 4.13. The van der Waals surface area contributed by atoms with Gasteiger partial charge < -0.3 is 9.73 Å². The molecule has 0 saturated carbocycles. The van der Waals surface area contributed by atoms with E-state index in [2.05, 4.69) is 10.3 Å². The van der Waals surface area contributed by atoms with Crippen molar-refractivity contribution in [2.45, 2.75) is 0 Å². The highest BCUT2D eigenvalue weighted by Crippen LogP contribution is 2.26. The first-order valence-electron chi connectivity index (χ1n) is 5.99. The highest BCUT2D eigenvalue weighted by molar-refractivity contribution is 5.84. The van der Waals surface area contributed by atoms with Crippen molar-refractivity contribution in [3.05, 3.63) is 59.0 Å². The van der Waals surface area contributed by atoms with Crippen molar-refractivity contribution >= 4 is 23.0 Å². The summed E-state index contributed by atoms with van der Waals surface area (Å²) in [5.74, 6) is 0.179. The van der Waals surface area contributed by atoms with E-state index in [0.717, 1.165) is 0 Å². The summed E-state index contributed by atoms with van der Waals surface area (Å²) in [4.78, 5) is 26.9. The molecule has 0 radical (unpaired) electrons. The molecule has 0 aliphatic carbocycles. The summed E-state index contributed by atoms with van der Waals surface area (Å²) in [6.45, 7) is 0. The number of carbonyl (C=O) groups is 1. The number of carbonyl (C=O) groups excluding carboxylic acids is 1. The molecule has 98 valence electrons. The summed E-state index contributed by atoms with van der Waals surface area (Å²) >= 11 is 0. The van der Waals surface area contributed by atoms with E-state index in [1.54, 1.807) is 48.5 Å². The van der Waals surface area contributed by atoms with Gasteiger partial charge in [0.05, 0.1) is 22.2 Å². The van der Waals surface area contributed by atoms with Gasteiger partial charge in [-0.15, -0.1) is 0 Å². The van der Waals surface area contributed by atoms with E-state index in [4.69, 9.17) is 4.42 Å². The Hall–Kier alpha value is -2.95. The Labute approximate surface area is 113 Å². The molecule has 0 saturated heterocycles. The van der Waals surface area contributed by atoms with Crippen molar-refractivity contribution in [2.24, 2.45) is 0 Å². The summed E-state index contributed by atoms with van der Waals surface area (Å²) in [7, 11) is 0. The largest absolute Gasteiger partial charge is 0.403 e. The molecule has 20 heavy (non-hydrogen) atoms. The lowest BCUT2D eigenvalue weighted by molar-refractivity contribution is -0.105. The average molecular weight is 266 g/mol. The first-order chi connectivity index (χ1) is 9.79. The number of rotatable bonds is 3. The van der Waals surface area contributed by atoms with E-state index in [0.29, 0.717) is 28.6 Å². The molecule has 5 nitrogen and oxygen atoms in total. The van der Waals surface area contributed by atoms with E-state index < -0.39 is 5.63 Å². The van der Waals surface area contributed by atoms with Gasteiger partial charge in [-0.05, 0) is 24.3 Å². The van der Waals surface area contributed by atoms with E-state index in [1.165, 1.54) is 0 Å². The maximum atomic E-state index is 11.9. The molecule has 1 heterocycles. The van der Waals surface area contributed by atoms with Crippen LogP contribution in [0, 0.1) is 0 Å². The Morgan fingerprint density at radius 1 is 1.05 bits per heavy atom. The number of para-hydroxylation sites is 2. The minimum atomic E-state index is -0.452. The molecule has 0 bridgehead atoms. The molecule has 1 N–H and O–H groups in total. The Bertz CT molecular complexity index is 840. The minimum absolute atomic E-state index is 0.179. The van der Waals surface area contributed by atoms with E-state index in [9.17, 15) is 9.59 Å². The normalized spacial score (nSPS) is 10.4. The van der Waals surface area contributed by atoms with E-state index >= 15 is 0 Å². The molecule has 2 aromatic carbocycles. The number of nitrogens with zero attached hydrogens (tertiary/aromatic N) is 1. The third kappa shape index (κ3) is 2.05. The molecule has 0 fully saturated rings. The molecule has 0 spiro atoms. The van der Waals surface area contributed by atoms with Crippen molar-refractivity contribution < 1.29 is 9.21 Å². The first kappa shape index (κ1) is 12.1. The van der Waals surface area contributed by atoms with Gasteiger partial charge in [0.15, 0.2) is 0 Å². The minimum Gasteiger partial charge on any atom is -0.403 e. The second-order valence-electron chi connectivity index (χ2n) is 4.13. The Morgan fingerprint density at radius 2 is 1.80 bits per heavy atom. The zero-order valence-electron chi connectivity index (χ0n) is 10.4. The molecular weight excluding hydrogens is 256 g/mol. The van der Waals surface area contributed by atoms with Gasteiger partial charge in [-0.1, -0.05) is 24.3 Å². The molecule has 0 atom stereocenters.